The van der Waals surface area contributed by atoms with E-state index in [0.29, 0.717) is 5.92 Å². The number of aliphatic hydroxyl groups excluding tert-OH is 1. The van der Waals surface area contributed by atoms with Crippen molar-refractivity contribution in [1.29, 1.82) is 0 Å². The normalized spacial score (nSPS) is 14.2. The third kappa shape index (κ3) is 5.14. The maximum absolute atomic E-state index is 8.67. The second-order valence-corrected chi connectivity index (χ2v) is 3.55. The largest absolute Gasteiger partial charge is 0.392 e. The molecule has 0 aliphatic rings. The molecule has 0 saturated carbocycles. The first kappa shape index (κ1) is 11.4. The van der Waals surface area contributed by atoms with Crippen molar-refractivity contribution in [3.63, 3.8) is 0 Å². The molecule has 0 aliphatic carbocycles. The Morgan fingerprint density at radius 2 is 1.83 bits per heavy atom. The standard InChI is InChI=1S/C11H20O/c1-9(2)5-6-10(3)11(4)7-8-12/h5,7,10,12H,6,8H2,1-4H3/b11-7+/t10-/m1/s1. The summed E-state index contributed by atoms with van der Waals surface area (Å²) in [4.78, 5) is 0. The van der Waals surface area contributed by atoms with Crippen molar-refractivity contribution in [2.24, 2.45) is 5.92 Å². The quantitative estimate of drug-likeness (QED) is 0.640. The molecule has 0 aromatic rings. The summed E-state index contributed by atoms with van der Waals surface area (Å²) in [7, 11) is 0. The molecule has 0 fully saturated rings. The number of hydrogen-bond donors (Lipinski definition) is 1. The third-order valence-corrected chi connectivity index (χ3v) is 2.07. The van der Waals surface area contributed by atoms with E-state index in [1.165, 1.54) is 11.1 Å². The molecule has 12 heavy (non-hydrogen) atoms. The van der Waals surface area contributed by atoms with Gasteiger partial charge in [-0.05, 0) is 33.1 Å². The van der Waals surface area contributed by atoms with Crippen molar-refractivity contribution < 1.29 is 5.11 Å². The zero-order valence-electron chi connectivity index (χ0n) is 8.59. The predicted octanol–water partition coefficient (Wildman–Crippen LogP) is 2.92. The molecular formula is C11H20O. The molecule has 0 rings (SSSR count). The Hall–Kier alpha value is -0.560. The maximum Gasteiger partial charge on any atom is 0.0615 e. The molecule has 0 aromatic heterocycles. The molecule has 70 valence electrons. The van der Waals surface area contributed by atoms with E-state index in [0.717, 1.165) is 6.42 Å². The van der Waals surface area contributed by atoms with E-state index in [-0.39, 0.29) is 6.61 Å². The van der Waals surface area contributed by atoms with Crippen LogP contribution < -0.4 is 0 Å². The van der Waals surface area contributed by atoms with Crippen molar-refractivity contribution >= 4 is 0 Å². The summed E-state index contributed by atoms with van der Waals surface area (Å²) in [6.07, 6.45) is 5.19. The molecule has 0 amide bonds. The minimum Gasteiger partial charge on any atom is -0.392 e. The Labute approximate surface area is 75.8 Å². The minimum atomic E-state index is 0.158. The summed E-state index contributed by atoms with van der Waals surface area (Å²) in [6, 6.07) is 0. The monoisotopic (exact) mass is 168 g/mol. The van der Waals surface area contributed by atoms with Crippen LogP contribution in [0.3, 0.4) is 0 Å². The first-order chi connectivity index (χ1) is 5.57. The van der Waals surface area contributed by atoms with Gasteiger partial charge >= 0.3 is 0 Å². The fourth-order valence-corrected chi connectivity index (χ4v) is 0.944. The number of aliphatic hydroxyl groups is 1. The minimum absolute atomic E-state index is 0.158. The molecule has 0 bridgehead atoms. The Bertz CT molecular complexity index is 173. The van der Waals surface area contributed by atoms with Crippen LogP contribution in [0.25, 0.3) is 0 Å². The molecule has 0 unspecified atom stereocenters. The van der Waals surface area contributed by atoms with Crippen LogP contribution in [0.4, 0.5) is 0 Å². The molecule has 0 spiro atoms. The highest BCUT2D eigenvalue weighted by molar-refractivity contribution is 5.05. The number of allylic oxidation sites excluding steroid dienone is 3. The Kier molecular flexibility index (Phi) is 5.73. The average molecular weight is 168 g/mol. The van der Waals surface area contributed by atoms with Gasteiger partial charge in [0, 0.05) is 0 Å². The summed E-state index contributed by atoms with van der Waals surface area (Å²) in [5, 5.41) is 8.67. The average Bonchev–Trinajstić information content (AvgIpc) is 2.00. The highest BCUT2D eigenvalue weighted by atomic mass is 16.2. The first-order valence-electron chi connectivity index (χ1n) is 4.48. The van der Waals surface area contributed by atoms with Crippen LogP contribution in [0.15, 0.2) is 23.3 Å². The van der Waals surface area contributed by atoms with E-state index >= 15 is 0 Å². The lowest BCUT2D eigenvalue weighted by atomic mass is 9.98. The molecular weight excluding hydrogens is 148 g/mol. The van der Waals surface area contributed by atoms with Gasteiger partial charge in [0.1, 0.15) is 0 Å². The fourth-order valence-electron chi connectivity index (χ4n) is 0.944. The second kappa shape index (κ2) is 6.01. The van der Waals surface area contributed by atoms with Gasteiger partial charge in [0.05, 0.1) is 6.61 Å². The molecule has 1 atom stereocenters. The van der Waals surface area contributed by atoms with Crippen molar-refractivity contribution in [1.82, 2.24) is 0 Å². The van der Waals surface area contributed by atoms with E-state index in [9.17, 15) is 0 Å². The lowest BCUT2D eigenvalue weighted by Crippen LogP contribution is -1.95. The van der Waals surface area contributed by atoms with Crippen LogP contribution in [0.2, 0.25) is 0 Å². The van der Waals surface area contributed by atoms with Crippen molar-refractivity contribution in [3.05, 3.63) is 23.3 Å². The van der Waals surface area contributed by atoms with E-state index in [1.807, 2.05) is 6.08 Å². The smallest absolute Gasteiger partial charge is 0.0615 e. The molecule has 0 saturated heterocycles. The van der Waals surface area contributed by atoms with Gasteiger partial charge in [0.2, 0.25) is 0 Å². The summed E-state index contributed by atoms with van der Waals surface area (Å²) >= 11 is 0. The van der Waals surface area contributed by atoms with Crippen LogP contribution in [0.1, 0.15) is 34.1 Å². The van der Waals surface area contributed by atoms with Gasteiger partial charge in [-0.3, -0.25) is 0 Å². The van der Waals surface area contributed by atoms with Crippen molar-refractivity contribution in [2.75, 3.05) is 6.61 Å². The van der Waals surface area contributed by atoms with E-state index in [1.54, 1.807) is 0 Å². The van der Waals surface area contributed by atoms with Crippen LogP contribution in [-0.2, 0) is 0 Å². The molecule has 0 heterocycles. The van der Waals surface area contributed by atoms with Gasteiger partial charge in [0.15, 0.2) is 0 Å². The molecule has 1 N–H and O–H groups in total. The molecule has 0 aromatic carbocycles. The van der Waals surface area contributed by atoms with Gasteiger partial charge in [-0.25, -0.2) is 0 Å². The Balaban J connectivity index is 3.95. The lowest BCUT2D eigenvalue weighted by Gasteiger charge is -2.09. The van der Waals surface area contributed by atoms with Gasteiger partial charge in [0.25, 0.3) is 0 Å². The van der Waals surface area contributed by atoms with Crippen LogP contribution in [0, 0.1) is 5.92 Å². The van der Waals surface area contributed by atoms with Crippen LogP contribution in [0.5, 0.6) is 0 Å². The first-order valence-corrected chi connectivity index (χ1v) is 4.48. The van der Waals surface area contributed by atoms with E-state index in [4.69, 9.17) is 5.11 Å². The maximum atomic E-state index is 8.67. The SMILES string of the molecule is CC(C)=CC[C@@H](C)/C(C)=C/CO. The second-order valence-electron chi connectivity index (χ2n) is 3.55. The number of rotatable bonds is 4. The fraction of sp³-hybridized carbons (Fsp3) is 0.636. The third-order valence-electron chi connectivity index (χ3n) is 2.07. The van der Waals surface area contributed by atoms with Gasteiger partial charge in [-0.15, -0.1) is 0 Å². The lowest BCUT2D eigenvalue weighted by molar-refractivity contribution is 0.340. The molecule has 0 radical (unpaired) electrons. The van der Waals surface area contributed by atoms with Crippen molar-refractivity contribution in [2.45, 2.75) is 34.1 Å². The summed E-state index contributed by atoms with van der Waals surface area (Å²) < 4.78 is 0. The summed E-state index contributed by atoms with van der Waals surface area (Å²) in [5.74, 6) is 0.548. The summed E-state index contributed by atoms with van der Waals surface area (Å²) in [6.45, 7) is 8.63. The van der Waals surface area contributed by atoms with Gasteiger partial charge in [-0.1, -0.05) is 30.2 Å². The topological polar surface area (TPSA) is 20.2 Å². The zero-order valence-corrected chi connectivity index (χ0v) is 8.59. The van der Waals surface area contributed by atoms with Crippen LogP contribution in [-0.4, -0.2) is 11.7 Å². The molecule has 1 heteroatoms. The predicted molar refractivity (Wildman–Crippen MR) is 54.1 cm³/mol. The van der Waals surface area contributed by atoms with Gasteiger partial charge in [-0.2, -0.15) is 0 Å². The number of hydrogen-bond acceptors (Lipinski definition) is 1. The zero-order chi connectivity index (χ0) is 9.56. The van der Waals surface area contributed by atoms with E-state index < -0.39 is 0 Å². The summed E-state index contributed by atoms with van der Waals surface area (Å²) in [5.41, 5.74) is 2.63. The Morgan fingerprint density at radius 3 is 2.25 bits per heavy atom. The highest BCUT2D eigenvalue weighted by Gasteiger charge is 2.00. The Morgan fingerprint density at radius 1 is 1.25 bits per heavy atom. The van der Waals surface area contributed by atoms with Crippen molar-refractivity contribution in [3.8, 4) is 0 Å². The van der Waals surface area contributed by atoms with Gasteiger partial charge < -0.3 is 5.11 Å². The molecule has 1 nitrogen and oxygen atoms in total. The highest BCUT2D eigenvalue weighted by Crippen LogP contribution is 2.14. The molecule has 0 aliphatic heterocycles. The van der Waals surface area contributed by atoms with E-state index in [2.05, 4.69) is 33.8 Å². The van der Waals surface area contributed by atoms with Crippen LogP contribution >= 0.6 is 0 Å².